The number of carbonyl (C=O) groups excluding carboxylic acids is 1. The van der Waals surface area contributed by atoms with Gasteiger partial charge in [-0.3, -0.25) is 19.9 Å². The van der Waals surface area contributed by atoms with Crippen LogP contribution in [0.15, 0.2) is 67.3 Å². The Bertz CT molecular complexity index is 1810. The molecule has 0 saturated heterocycles. The summed E-state index contributed by atoms with van der Waals surface area (Å²) in [5.41, 5.74) is 5.11. The van der Waals surface area contributed by atoms with Gasteiger partial charge in [0.1, 0.15) is 22.8 Å². The molecule has 0 saturated carbocycles. The van der Waals surface area contributed by atoms with E-state index in [4.69, 9.17) is 0 Å². The molecule has 3 N–H and O–H groups in total. The largest absolute Gasteiger partial charge is 0.335 e. The topological polar surface area (TPSA) is 112 Å². The second-order valence-electron chi connectivity index (χ2n) is 8.49. The number of hydrogen-bond donors (Lipinski definition) is 3. The van der Waals surface area contributed by atoms with Crippen LogP contribution in [0.3, 0.4) is 0 Å². The molecular weight excluding hydrogens is 476 g/mol. The molecule has 6 aromatic rings. The fourth-order valence-corrected chi connectivity index (χ4v) is 4.24. The Hall–Kier alpha value is -4.99. The predicted octanol–water partition coefficient (Wildman–Crippen LogP) is 5.86. The molecule has 4 aromatic heterocycles. The number of nitrogens with zero attached hydrogens (tertiary/aromatic N) is 4. The Labute approximate surface area is 208 Å². The minimum absolute atomic E-state index is 0.0767. The van der Waals surface area contributed by atoms with Gasteiger partial charge in [-0.2, -0.15) is 5.10 Å². The predicted molar refractivity (Wildman–Crippen MR) is 136 cm³/mol. The number of rotatable bonds is 5. The van der Waals surface area contributed by atoms with E-state index in [0.29, 0.717) is 40.2 Å². The van der Waals surface area contributed by atoms with Crippen molar-refractivity contribution in [1.29, 1.82) is 0 Å². The van der Waals surface area contributed by atoms with E-state index in [1.807, 2.05) is 24.3 Å². The van der Waals surface area contributed by atoms with Crippen LogP contribution in [0.5, 0.6) is 0 Å². The number of halogens is 2. The van der Waals surface area contributed by atoms with Crippen molar-refractivity contribution < 1.29 is 13.6 Å². The summed E-state index contributed by atoms with van der Waals surface area (Å²) in [4.78, 5) is 28.1. The van der Waals surface area contributed by atoms with E-state index >= 15 is 0 Å². The van der Waals surface area contributed by atoms with Crippen LogP contribution in [0.4, 0.5) is 14.5 Å². The van der Waals surface area contributed by atoms with E-state index in [9.17, 15) is 13.6 Å². The Morgan fingerprint density at radius 3 is 2.65 bits per heavy atom. The smallest absolute Gasteiger partial charge is 0.224 e. The number of hydrogen-bond acceptors (Lipinski definition) is 5. The summed E-state index contributed by atoms with van der Waals surface area (Å²) in [5, 5.41) is 11.1. The molecule has 0 bridgehead atoms. The summed E-state index contributed by atoms with van der Waals surface area (Å²) in [7, 11) is 0. The fraction of sp³-hybridized carbons (Fsp3) is 0.0741. The summed E-state index contributed by atoms with van der Waals surface area (Å²) in [5.74, 6) is -0.765. The molecule has 0 radical (unpaired) electrons. The van der Waals surface area contributed by atoms with E-state index in [1.165, 1.54) is 6.20 Å². The summed E-state index contributed by atoms with van der Waals surface area (Å²) in [6.07, 6.45) is 6.72. The lowest BCUT2D eigenvalue weighted by molar-refractivity contribution is -0.115. The lowest BCUT2D eigenvalue weighted by atomic mass is 10.0. The van der Waals surface area contributed by atoms with Gasteiger partial charge in [-0.05, 0) is 42.0 Å². The van der Waals surface area contributed by atoms with Crippen molar-refractivity contribution in [3.05, 3.63) is 78.9 Å². The highest BCUT2D eigenvalue weighted by Gasteiger charge is 2.18. The zero-order valence-corrected chi connectivity index (χ0v) is 19.5. The van der Waals surface area contributed by atoms with Crippen molar-refractivity contribution in [2.24, 2.45) is 0 Å². The molecule has 10 heteroatoms. The Morgan fingerprint density at radius 2 is 1.78 bits per heavy atom. The zero-order valence-electron chi connectivity index (χ0n) is 19.5. The summed E-state index contributed by atoms with van der Waals surface area (Å²) in [6, 6.07) is 10.9. The van der Waals surface area contributed by atoms with Crippen LogP contribution in [0.2, 0.25) is 0 Å². The third-order valence-electron chi connectivity index (χ3n) is 6.08. The number of nitrogens with one attached hydrogen (secondary N) is 3. The van der Waals surface area contributed by atoms with E-state index in [1.54, 1.807) is 25.5 Å². The average molecular weight is 495 g/mol. The normalized spacial score (nSPS) is 11.3. The van der Waals surface area contributed by atoms with Crippen LogP contribution in [-0.4, -0.2) is 36.0 Å². The van der Waals surface area contributed by atoms with Crippen molar-refractivity contribution in [2.75, 3.05) is 5.32 Å². The number of H-pyrrole nitrogens is 2. The van der Waals surface area contributed by atoms with Crippen LogP contribution in [0.25, 0.3) is 55.7 Å². The standard InChI is InChI=1S/C27H19F2N7O/c1-2-24(37)32-17-7-15(10-30-11-17)14-3-6-22-19(8-14)26(36-35-22)27-33-23-13-31-12-20(25(23)34-27)18-9-16(28)4-5-21(18)29/h3-13H,2H2,1H3,(H,32,37)(H,33,34)(H,35,36). The first-order chi connectivity index (χ1) is 18.0. The maximum atomic E-state index is 14.5. The van der Waals surface area contributed by atoms with E-state index in [0.717, 1.165) is 40.2 Å². The number of carbonyl (C=O) groups is 1. The minimum Gasteiger partial charge on any atom is -0.335 e. The molecule has 8 nitrogen and oxygen atoms in total. The van der Waals surface area contributed by atoms with Gasteiger partial charge in [0.05, 0.1) is 29.1 Å². The molecule has 4 heterocycles. The second-order valence-corrected chi connectivity index (χ2v) is 8.49. The number of aromatic nitrogens is 6. The van der Waals surface area contributed by atoms with Crippen molar-refractivity contribution >= 4 is 33.5 Å². The monoisotopic (exact) mass is 495 g/mol. The van der Waals surface area contributed by atoms with Crippen LogP contribution in [0, 0.1) is 11.6 Å². The third kappa shape index (κ3) is 4.08. The van der Waals surface area contributed by atoms with Crippen molar-refractivity contribution in [3.63, 3.8) is 0 Å². The molecule has 0 spiro atoms. The number of benzene rings is 2. The number of amides is 1. The SMILES string of the molecule is CCC(=O)Nc1cncc(-c2ccc3[nH]nc(-c4nc5c(-c6cc(F)ccc6F)cncc5[nH]4)c3c2)c1. The van der Waals surface area contributed by atoms with Crippen molar-refractivity contribution in [2.45, 2.75) is 13.3 Å². The molecule has 6 rings (SSSR count). The van der Waals surface area contributed by atoms with Gasteiger partial charge in [-0.1, -0.05) is 13.0 Å². The van der Waals surface area contributed by atoms with Crippen LogP contribution >= 0.6 is 0 Å². The van der Waals surface area contributed by atoms with Crippen LogP contribution < -0.4 is 5.32 Å². The maximum Gasteiger partial charge on any atom is 0.224 e. The van der Waals surface area contributed by atoms with E-state index in [2.05, 4.69) is 35.5 Å². The molecule has 0 fully saturated rings. The first-order valence-electron chi connectivity index (χ1n) is 11.5. The molecule has 37 heavy (non-hydrogen) atoms. The minimum atomic E-state index is -0.568. The quantitative estimate of drug-likeness (QED) is 0.277. The van der Waals surface area contributed by atoms with Gasteiger partial charge < -0.3 is 10.3 Å². The molecule has 0 atom stereocenters. The summed E-state index contributed by atoms with van der Waals surface area (Å²) >= 11 is 0. The van der Waals surface area contributed by atoms with E-state index < -0.39 is 11.6 Å². The molecule has 0 aliphatic heterocycles. The first kappa shape index (κ1) is 22.5. The third-order valence-corrected chi connectivity index (χ3v) is 6.08. The second kappa shape index (κ2) is 8.90. The Balaban J connectivity index is 1.44. The number of fused-ring (bicyclic) bond motifs is 2. The molecule has 0 unspecified atom stereocenters. The highest BCUT2D eigenvalue weighted by Crippen LogP contribution is 2.34. The summed E-state index contributed by atoms with van der Waals surface area (Å²) in [6.45, 7) is 1.78. The lowest BCUT2D eigenvalue weighted by Gasteiger charge is -2.06. The van der Waals surface area contributed by atoms with Crippen molar-refractivity contribution in [3.8, 4) is 33.8 Å². The van der Waals surface area contributed by atoms with Gasteiger partial charge in [0.15, 0.2) is 5.82 Å². The van der Waals surface area contributed by atoms with Gasteiger partial charge in [0.2, 0.25) is 5.91 Å². The van der Waals surface area contributed by atoms with Crippen LogP contribution in [0.1, 0.15) is 13.3 Å². The van der Waals surface area contributed by atoms with Crippen LogP contribution in [-0.2, 0) is 4.79 Å². The Morgan fingerprint density at radius 1 is 0.919 bits per heavy atom. The van der Waals surface area contributed by atoms with Gasteiger partial charge in [-0.25, -0.2) is 13.8 Å². The number of pyridine rings is 2. The molecule has 182 valence electrons. The fourth-order valence-electron chi connectivity index (χ4n) is 4.24. The van der Waals surface area contributed by atoms with Gasteiger partial charge in [0.25, 0.3) is 0 Å². The number of aromatic amines is 2. The zero-order chi connectivity index (χ0) is 25.5. The molecule has 0 aliphatic carbocycles. The van der Waals surface area contributed by atoms with Gasteiger partial charge >= 0.3 is 0 Å². The van der Waals surface area contributed by atoms with Gasteiger partial charge in [0, 0.05) is 40.9 Å². The highest BCUT2D eigenvalue weighted by molar-refractivity contribution is 5.98. The molecule has 1 amide bonds. The lowest BCUT2D eigenvalue weighted by Crippen LogP contribution is -2.09. The maximum absolute atomic E-state index is 14.5. The summed E-state index contributed by atoms with van der Waals surface area (Å²) < 4.78 is 28.4. The number of imidazole rings is 1. The molecule has 2 aromatic carbocycles. The number of anilines is 1. The molecule has 0 aliphatic rings. The molecular formula is C27H19F2N7O. The highest BCUT2D eigenvalue weighted by atomic mass is 19.1. The first-order valence-corrected chi connectivity index (χ1v) is 11.5. The van der Waals surface area contributed by atoms with Gasteiger partial charge in [-0.15, -0.1) is 0 Å². The average Bonchev–Trinajstić information content (AvgIpc) is 3.53. The Kier molecular flexibility index (Phi) is 5.41. The van der Waals surface area contributed by atoms with Crippen molar-refractivity contribution in [1.82, 2.24) is 30.1 Å². The van der Waals surface area contributed by atoms with E-state index in [-0.39, 0.29) is 11.5 Å².